The van der Waals surface area contributed by atoms with Crippen LogP contribution in [0.25, 0.3) is 11.1 Å². The molecule has 0 saturated heterocycles. The summed E-state index contributed by atoms with van der Waals surface area (Å²) in [4.78, 5) is 12.3. The number of carbonyl (C=O) groups is 1. The first-order valence-electron chi connectivity index (χ1n) is 7.00. The summed E-state index contributed by atoms with van der Waals surface area (Å²) < 4.78 is 10.7. The van der Waals surface area contributed by atoms with E-state index < -0.39 is 11.6 Å². The van der Waals surface area contributed by atoms with Crippen molar-refractivity contribution in [2.45, 2.75) is 26.4 Å². The fourth-order valence-electron chi connectivity index (χ4n) is 2.02. The van der Waals surface area contributed by atoms with Gasteiger partial charge in [-0.1, -0.05) is 12.1 Å². The molecule has 22 heavy (non-hydrogen) atoms. The topological polar surface area (TPSA) is 55.8 Å². The molecule has 116 valence electrons. The number of methoxy groups -OCH3 is 1. The van der Waals surface area contributed by atoms with E-state index in [1.807, 2.05) is 32.9 Å². The molecule has 0 bridgehead atoms. The van der Waals surface area contributed by atoms with Gasteiger partial charge in [0.1, 0.15) is 17.1 Å². The molecule has 1 N–H and O–H groups in total. The number of hydrogen-bond acceptors (Lipinski definition) is 4. The molecule has 0 spiro atoms. The SMILES string of the molecule is COc1cc(C(=O)OC(C)(C)C)cc(-c2cccc(O)c2)c1. The fourth-order valence-corrected chi connectivity index (χ4v) is 2.02. The van der Waals surface area contributed by atoms with Gasteiger partial charge in [-0.15, -0.1) is 0 Å². The van der Waals surface area contributed by atoms with Gasteiger partial charge in [-0.05, 0) is 62.2 Å². The largest absolute Gasteiger partial charge is 0.508 e. The van der Waals surface area contributed by atoms with Crippen LogP contribution in [0.1, 0.15) is 31.1 Å². The summed E-state index contributed by atoms with van der Waals surface area (Å²) in [5.74, 6) is 0.314. The first-order chi connectivity index (χ1) is 10.3. The predicted octanol–water partition coefficient (Wildman–Crippen LogP) is 4.02. The number of phenols is 1. The van der Waals surface area contributed by atoms with Crippen molar-refractivity contribution in [2.75, 3.05) is 7.11 Å². The van der Waals surface area contributed by atoms with Crippen molar-refractivity contribution in [3.8, 4) is 22.6 Å². The van der Waals surface area contributed by atoms with Gasteiger partial charge in [0, 0.05) is 0 Å². The van der Waals surface area contributed by atoms with Crippen molar-refractivity contribution < 1.29 is 19.4 Å². The second-order valence-electron chi connectivity index (χ2n) is 6.00. The van der Waals surface area contributed by atoms with Crippen LogP contribution in [0.3, 0.4) is 0 Å². The van der Waals surface area contributed by atoms with Gasteiger partial charge in [-0.2, -0.15) is 0 Å². The highest BCUT2D eigenvalue weighted by Crippen LogP contribution is 2.29. The number of hydrogen-bond donors (Lipinski definition) is 1. The second kappa shape index (κ2) is 6.10. The Balaban J connectivity index is 2.44. The van der Waals surface area contributed by atoms with Crippen LogP contribution in [0.5, 0.6) is 11.5 Å². The molecule has 0 heterocycles. The summed E-state index contributed by atoms with van der Waals surface area (Å²) in [7, 11) is 1.54. The summed E-state index contributed by atoms with van der Waals surface area (Å²) in [6.45, 7) is 5.46. The maximum Gasteiger partial charge on any atom is 0.338 e. The fraction of sp³-hybridized carbons (Fsp3) is 0.278. The maximum absolute atomic E-state index is 12.3. The van der Waals surface area contributed by atoms with Crippen molar-refractivity contribution in [1.29, 1.82) is 0 Å². The van der Waals surface area contributed by atoms with Crippen LogP contribution >= 0.6 is 0 Å². The molecule has 0 radical (unpaired) electrons. The zero-order valence-electron chi connectivity index (χ0n) is 13.2. The Morgan fingerprint density at radius 3 is 2.36 bits per heavy atom. The smallest absolute Gasteiger partial charge is 0.338 e. The van der Waals surface area contributed by atoms with E-state index in [2.05, 4.69) is 0 Å². The third-order valence-electron chi connectivity index (χ3n) is 2.96. The average Bonchev–Trinajstić information content (AvgIpc) is 2.45. The first kappa shape index (κ1) is 15.9. The summed E-state index contributed by atoms with van der Waals surface area (Å²) in [6.07, 6.45) is 0. The maximum atomic E-state index is 12.3. The predicted molar refractivity (Wildman–Crippen MR) is 85.3 cm³/mol. The second-order valence-corrected chi connectivity index (χ2v) is 6.00. The summed E-state index contributed by atoms with van der Waals surface area (Å²) >= 11 is 0. The van der Waals surface area contributed by atoms with Crippen molar-refractivity contribution >= 4 is 5.97 Å². The lowest BCUT2D eigenvalue weighted by molar-refractivity contribution is 0.00692. The standard InChI is InChI=1S/C18H20O4/c1-18(2,3)22-17(20)14-8-13(10-16(11-14)21-4)12-6-5-7-15(19)9-12/h5-11,19H,1-4H3. The molecule has 0 unspecified atom stereocenters. The van der Waals surface area contributed by atoms with Crippen molar-refractivity contribution in [3.63, 3.8) is 0 Å². The lowest BCUT2D eigenvalue weighted by Crippen LogP contribution is -2.23. The quantitative estimate of drug-likeness (QED) is 0.870. The van der Waals surface area contributed by atoms with Crippen LogP contribution in [0.4, 0.5) is 0 Å². The molecule has 0 saturated carbocycles. The Labute approximate surface area is 130 Å². The molecular weight excluding hydrogens is 280 g/mol. The molecule has 2 aromatic rings. The summed E-state index contributed by atoms with van der Waals surface area (Å²) in [5.41, 5.74) is 1.41. The van der Waals surface area contributed by atoms with Gasteiger partial charge < -0.3 is 14.6 Å². The lowest BCUT2D eigenvalue weighted by atomic mass is 10.0. The zero-order valence-corrected chi connectivity index (χ0v) is 13.2. The number of carbonyl (C=O) groups excluding carboxylic acids is 1. The minimum Gasteiger partial charge on any atom is -0.508 e. The van der Waals surface area contributed by atoms with Gasteiger partial charge in [0.15, 0.2) is 0 Å². The van der Waals surface area contributed by atoms with E-state index >= 15 is 0 Å². The van der Waals surface area contributed by atoms with E-state index in [4.69, 9.17) is 9.47 Å². The molecule has 0 aliphatic heterocycles. The van der Waals surface area contributed by atoms with Crippen LogP contribution in [0.15, 0.2) is 42.5 Å². The summed E-state index contributed by atoms with van der Waals surface area (Å²) in [6, 6.07) is 12.0. The molecule has 0 aliphatic rings. The average molecular weight is 300 g/mol. The van der Waals surface area contributed by atoms with Crippen molar-refractivity contribution in [1.82, 2.24) is 0 Å². The molecular formula is C18H20O4. The third kappa shape index (κ3) is 4.01. The molecule has 4 heteroatoms. The Kier molecular flexibility index (Phi) is 4.40. The Bertz CT molecular complexity index is 684. The normalized spacial score (nSPS) is 11.1. The van der Waals surface area contributed by atoms with Crippen LogP contribution in [-0.2, 0) is 4.74 Å². The van der Waals surface area contributed by atoms with Crippen LogP contribution < -0.4 is 4.74 Å². The zero-order chi connectivity index (χ0) is 16.3. The van der Waals surface area contributed by atoms with Crippen LogP contribution in [0.2, 0.25) is 0 Å². The van der Waals surface area contributed by atoms with E-state index in [0.717, 1.165) is 11.1 Å². The molecule has 0 amide bonds. The van der Waals surface area contributed by atoms with Crippen LogP contribution in [-0.4, -0.2) is 23.8 Å². The minimum atomic E-state index is -0.564. The minimum absolute atomic E-state index is 0.166. The van der Waals surface area contributed by atoms with E-state index in [1.54, 1.807) is 37.4 Å². The van der Waals surface area contributed by atoms with E-state index in [0.29, 0.717) is 11.3 Å². The van der Waals surface area contributed by atoms with Gasteiger partial charge in [0.05, 0.1) is 12.7 Å². The molecule has 2 aromatic carbocycles. The number of phenolic OH excluding ortho intramolecular Hbond substituents is 1. The van der Waals surface area contributed by atoms with Gasteiger partial charge in [-0.3, -0.25) is 0 Å². The number of aromatic hydroxyl groups is 1. The van der Waals surface area contributed by atoms with Crippen molar-refractivity contribution in [3.05, 3.63) is 48.0 Å². The first-order valence-corrected chi connectivity index (χ1v) is 7.00. The monoisotopic (exact) mass is 300 g/mol. The van der Waals surface area contributed by atoms with E-state index in [-0.39, 0.29) is 5.75 Å². The molecule has 0 aromatic heterocycles. The van der Waals surface area contributed by atoms with Crippen molar-refractivity contribution in [2.24, 2.45) is 0 Å². The Morgan fingerprint density at radius 1 is 1.05 bits per heavy atom. The van der Waals surface area contributed by atoms with Gasteiger partial charge in [-0.25, -0.2) is 4.79 Å². The molecule has 0 fully saturated rings. The van der Waals surface area contributed by atoms with Gasteiger partial charge in [0.2, 0.25) is 0 Å². The van der Waals surface area contributed by atoms with E-state index in [1.165, 1.54) is 0 Å². The Morgan fingerprint density at radius 2 is 1.77 bits per heavy atom. The third-order valence-corrected chi connectivity index (χ3v) is 2.96. The molecule has 0 aliphatic carbocycles. The number of rotatable bonds is 3. The highest BCUT2D eigenvalue weighted by atomic mass is 16.6. The number of esters is 1. The van der Waals surface area contributed by atoms with Gasteiger partial charge >= 0.3 is 5.97 Å². The lowest BCUT2D eigenvalue weighted by Gasteiger charge is -2.20. The highest BCUT2D eigenvalue weighted by Gasteiger charge is 2.19. The number of ether oxygens (including phenoxy) is 2. The highest BCUT2D eigenvalue weighted by molar-refractivity contribution is 5.92. The van der Waals surface area contributed by atoms with E-state index in [9.17, 15) is 9.90 Å². The molecule has 0 atom stereocenters. The number of benzene rings is 2. The van der Waals surface area contributed by atoms with Crippen LogP contribution in [0, 0.1) is 0 Å². The molecule has 4 nitrogen and oxygen atoms in total. The Hall–Kier alpha value is -2.49. The molecule has 2 rings (SSSR count). The summed E-state index contributed by atoms with van der Waals surface area (Å²) in [5, 5.41) is 9.61. The van der Waals surface area contributed by atoms with Gasteiger partial charge in [0.25, 0.3) is 0 Å².